The molecule has 2 aromatic carbocycles. The molecule has 0 saturated heterocycles. The Morgan fingerprint density at radius 3 is 2.03 bits per heavy atom. The number of methoxy groups -OCH3 is 3. The van der Waals surface area contributed by atoms with Crippen LogP contribution in [0.5, 0.6) is 17.2 Å². The van der Waals surface area contributed by atoms with Gasteiger partial charge in [0.2, 0.25) is 5.75 Å². The molecule has 0 atom stereocenters. The van der Waals surface area contributed by atoms with Crippen molar-refractivity contribution in [3.05, 3.63) is 60.0 Å². The average molecular weight is 550 g/mol. The number of para-hydroxylation sites is 1. The van der Waals surface area contributed by atoms with Crippen LogP contribution in [-0.2, 0) is 19.4 Å². The first kappa shape index (κ1) is 26.2. The zero-order valence-electron chi connectivity index (χ0n) is 20.9. The first-order chi connectivity index (χ1) is 18.4. The zero-order chi connectivity index (χ0) is 28.3. The van der Waals surface area contributed by atoms with E-state index in [-0.39, 0.29) is 40.1 Å². The van der Waals surface area contributed by atoms with Gasteiger partial charge in [0.05, 0.1) is 26.9 Å². The summed E-state index contributed by atoms with van der Waals surface area (Å²) in [6.07, 6.45) is -8.71. The Labute approximate surface area is 217 Å². The van der Waals surface area contributed by atoms with E-state index < -0.39 is 29.4 Å². The van der Waals surface area contributed by atoms with E-state index in [1.54, 1.807) is 42.1 Å². The molecule has 3 aromatic heterocycles. The van der Waals surface area contributed by atoms with E-state index in [0.717, 1.165) is 0 Å². The number of hydrogen-bond acceptors (Lipinski definition) is 5. The predicted molar refractivity (Wildman–Crippen MR) is 130 cm³/mol. The molecule has 13 heteroatoms. The van der Waals surface area contributed by atoms with Crippen molar-refractivity contribution in [3.8, 4) is 39.6 Å². The number of rotatable bonds is 5. The van der Waals surface area contributed by atoms with E-state index in [2.05, 4.69) is 10.1 Å². The van der Waals surface area contributed by atoms with Gasteiger partial charge < -0.3 is 18.8 Å². The summed E-state index contributed by atoms with van der Waals surface area (Å²) in [6.45, 7) is 0. The molecule has 0 saturated carbocycles. The van der Waals surface area contributed by atoms with Crippen LogP contribution in [0.25, 0.3) is 38.9 Å². The average Bonchev–Trinajstić information content (AvgIpc) is 3.43. The first-order valence-electron chi connectivity index (χ1n) is 11.3. The Balaban J connectivity index is 1.98. The van der Waals surface area contributed by atoms with Gasteiger partial charge in [0.15, 0.2) is 22.8 Å². The molecule has 7 nitrogen and oxygen atoms in total. The first-order valence-corrected chi connectivity index (χ1v) is 11.3. The van der Waals surface area contributed by atoms with Crippen LogP contribution in [0.2, 0.25) is 0 Å². The van der Waals surface area contributed by atoms with Gasteiger partial charge in [-0.15, -0.1) is 0 Å². The van der Waals surface area contributed by atoms with Gasteiger partial charge in [0, 0.05) is 35.3 Å². The van der Waals surface area contributed by atoms with Gasteiger partial charge in [-0.3, -0.25) is 0 Å². The number of halogens is 6. The number of nitrogens with zero attached hydrogens (tertiary/aromatic N) is 4. The molecule has 204 valence electrons. The molecule has 5 rings (SSSR count). The molecule has 0 fully saturated rings. The van der Waals surface area contributed by atoms with Crippen molar-refractivity contribution in [1.82, 2.24) is 19.2 Å². The molecule has 0 bridgehead atoms. The van der Waals surface area contributed by atoms with Crippen molar-refractivity contribution in [2.45, 2.75) is 12.4 Å². The van der Waals surface area contributed by atoms with Crippen LogP contribution < -0.4 is 14.2 Å². The summed E-state index contributed by atoms with van der Waals surface area (Å²) in [6, 6.07) is 9.83. The van der Waals surface area contributed by atoms with Crippen LogP contribution in [0.3, 0.4) is 0 Å². The Morgan fingerprint density at radius 2 is 1.46 bits per heavy atom. The maximum absolute atomic E-state index is 14.1. The van der Waals surface area contributed by atoms with Crippen molar-refractivity contribution in [2.75, 3.05) is 21.3 Å². The number of benzene rings is 2. The fourth-order valence-corrected chi connectivity index (χ4v) is 4.57. The van der Waals surface area contributed by atoms with Crippen molar-refractivity contribution in [1.29, 1.82) is 0 Å². The quantitative estimate of drug-likeness (QED) is 0.230. The van der Waals surface area contributed by atoms with E-state index in [1.807, 2.05) is 0 Å². The van der Waals surface area contributed by atoms with Crippen LogP contribution in [0.15, 0.2) is 48.7 Å². The third kappa shape index (κ3) is 4.27. The third-order valence-electron chi connectivity index (χ3n) is 6.27. The van der Waals surface area contributed by atoms with Crippen LogP contribution in [0, 0.1) is 0 Å². The van der Waals surface area contributed by atoms with Crippen molar-refractivity contribution in [3.63, 3.8) is 0 Å². The molecule has 3 heterocycles. The lowest BCUT2D eigenvalue weighted by molar-refractivity contribution is -0.148. The molecule has 5 aromatic rings. The minimum absolute atomic E-state index is 0.0299. The van der Waals surface area contributed by atoms with Gasteiger partial charge in [-0.25, -0.2) is 9.50 Å². The van der Waals surface area contributed by atoms with E-state index >= 15 is 0 Å². The molecule has 0 aliphatic heterocycles. The van der Waals surface area contributed by atoms with Crippen LogP contribution in [-0.4, -0.2) is 40.5 Å². The van der Waals surface area contributed by atoms with Crippen molar-refractivity contribution >= 4 is 16.6 Å². The highest BCUT2D eigenvalue weighted by Crippen LogP contribution is 2.46. The molecule has 39 heavy (non-hydrogen) atoms. The van der Waals surface area contributed by atoms with Gasteiger partial charge in [-0.05, 0) is 24.3 Å². The largest absolute Gasteiger partial charge is 0.493 e. The monoisotopic (exact) mass is 550 g/mol. The summed E-state index contributed by atoms with van der Waals surface area (Å²) in [5, 5.41) is 4.76. The van der Waals surface area contributed by atoms with Crippen molar-refractivity contribution in [2.24, 2.45) is 7.05 Å². The number of alkyl halides is 6. The summed E-state index contributed by atoms with van der Waals surface area (Å²) in [5.74, 6) is 0.563. The molecule has 0 aliphatic rings. The lowest BCUT2D eigenvalue weighted by Gasteiger charge is -2.14. The Bertz CT molecular complexity index is 1690. The maximum Gasteiger partial charge on any atom is 0.433 e. The lowest BCUT2D eigenvalue weighted by atomic mass is 10.00. The van der Waals surface area contributed by atoms with Crippen LogP contribution in [0.1, 0.15) is 11.4 Å². The second-order valence-corrected chi connectivity index (χ2v) is 8.57. The second kappa shape index (κ2) is 9.10. The number of ether oxygens (including phenoxy) is 3. The van der Waals surface area contributed by atoms with Crippen LogP contribution in [0.4, 0.5) is 26.3 Å². The Kier molecular flexibility index (Phi) is 6.11. The minimum Gasteiger partial charge on any atom is -0.493 e. The van der Waals surface area contributed by atoms with E-state index in [4.69, 9.17) is 14.2 Å². The molecular formula is C26H20F6N4O3. The standard InChI is InChI=1S/C26H20F6N4O3/c1-35-12-15(14-7-5-6-8-16(14)35)21-22(13-9-17(37-2)23(39-4)18(10-13)38-3)34-36-20(26(30,31)32)11-19(25(27,28)29)33-24(21)36/h5-12H,1-4H3. The second-order valence-electron chi connectivity index (χ2n) is 8.57. The van der Waals surface area contributed by atoms with Gasteiger partial charge in [-0.1, -0.05) is 18.2 Å². The third-order valence-corrected chi connectivity index (χ3v) is 6.27. The van der Waals surface area contributed by atoms with Crippen LogP contribution >= 0.6 is 0 Å². The van der Waals surface area contributed by atoms with E-state index in [0.29, 0.717) is 21.0 Å². The summed E-state index contributed by atoms with van der Waals surface area (Å²) < 4.78 is 102. The van der Waals surface area contributed by atoms with Gasteiger partial charge in [0.1, 0.15) is 11.4 Å². The number of hydrogen-bond donors (Lipinski definition) is 0. The molecule has 0 N–H and O–H groups in total. The normalized spacial score (nSPS) is 12.4. The zero-order valence-corrected chi connectivity index (χ0v) is 20.9. The summed E-state index contributed by atoms with van der Waals surface area (Å²) >= 11 is 0. The maximum atomic E-state index is 14.1. The Morgan fingerprint density at radius 1 is 0.821 bits per heavy atom. The van der Waals surface area contributed by atoms with Gasteiger partial charge in [-0.2, -0.15) is 31.4 Å². The van der Waals surface area contributed by atoms with E-state index in [1.165, 1.54) is 33.5 Å². The number of fused-ring (bicyclic) bond motifs is 2. The highest BCUT2D eigenvalue weighted by Gasteiger charge is 2.41. The molecule has 0 aliphatic carbocycles. The predicted octanol–water partition coefficient (Wildman–Crippen LogP) is 6.62. The summed E-state index contributed by atoms with van der Waals surface area (Å²) in [4.78, 5) is 3.66. The molecule has 0 radical (unpaired) electrons. The molecule has 0 spiro atoms. The molecule has 0 amide bonds. The summed E-state index contributed by atoms with van der Waals surface area (Å²) in [5.41, 5.74) is -2.78. The number of aromatic nitrogens is 4. The highest BCUT2D eigenvalue weighted by molar-refractivity contribution is 6.04. The molecular weight excluding hydrogens is 530 g/mol. The number of aryl methyl sites for hydroxylation is 1. The fourth-order valence-electron chi connectivity index (χ4n) is 4.57. The Hall–Kier alpha value is -4.42. The van der Waals surface area contributed by atoms with Crippen molar-refractivity contribution < 1.29 is 40.6 Å². The lowest BCUT2D eigenvalue weighted by Crippen LogP contribution is -2.18. The van der Waals surface area contributed by atoms with Gasteiger partial charge in [0.25, 0.3) is 0 Å². The smallest absolute Gasteiger partial charge is 0.433 e. The topological polar surface area (TPSA) is 62.8 Å². The summed E-state index contributed by atoms with van der Waals surface area (Å²) in [7, 11) is 5.81. The van der Waals surface area contributed by atoms with E-state index in [9.17, 15) is 26.3 Å². The highest BCUT2D eigenvalue weighted by atomic mass is 19.4. The minimum atomic E-state index is -5.17. The molecule has 0 unspecified atom stereocenters. The SMILES string of the molecule is COc1cc(-c2nn3c(C(F)(F)F)cc(C(F)(F)F)nc3c2-c2cn(C)c3ccccc23)cc(OC)c1OC. The fraction of sp³-hybridized carbons (Fsp3) is 0.231. The van der Waals surface area contributed by atoms with Gasteiger partial charge >= 0.3 is 12.4 Å².